The molecule has 0 aliphatic heterocycles. The second-order valence-corrected chi connectivity index (χ2v) is 3.08. The summed E-state index contributed by atoms with van der Waals surface area (Å²) in [6, 6.07) is 3.61. The zero-order valence-corrected chi connectivity index (χ0v) is 8.70. The van der Waals surface area contributed by atoms with E-state index in [-0.39, 0.29) is 12.5 Å². The maximum atomic E-state index is 11.0. The van der Waals surface area contributed by atoms with Gasteiger partial charge < -0.3 is 4.74 Å². The van der Waals surface area contributed by atoms with Crippen LogP contribution < -0.4 is 0 Å². The van der Waals surface area contributed by atoms with Crippen molar-refractivity contribution in [3.05, 3.63) is 30.9 Å². The molecule has 0 radical (unpaired) electrons. The molecule has 0 spiro atoms. The number of nitrogens with zero attached hydrogens (tertiary/aromatic N) is 4. The topological polar surface area (TPSA) is 69.9 Å². The second-order valence-electron chi connectivity index (χ2n) is 3.08. The number of hydrogen-bond acceptors (Lipinski definition) is 5. The van der Waals surface area contributed by atoms with E-state index in [1.165, 1.54) is 18.1 Å². The maximum Gasteiger partial charge on any atom is 0.327 e. The molecule has 0 amide bonds. The lowest BCUT2D eigenvalue weighted by Gasteiger charge is -1.97. The lowest BCUT2D eigenvalue weighted by Crippen LogP contribution is -2.11. The van der Waals surface area contributed by atoms with Crippen molar-refractivity contribution in [3.63, 3.8) is 0 Å². The van der Waals surface area contributed by atoms with Crippen molar-refractivity contribution in [2.75, 3.05) is 7.11 Å². The number of hydrogen-bond donors (Lipinski definition) is 0. The van der Waals surface area contributed by atoms with E-state index < -0.39 is 0 Å². The summed E-state index contributed by atoms with van der Waals surface area (Å²) in [5.74, 6) is 0.206. The van der Waals surface area contributed by atoms with Gasteiger partial charge in [0.15, 0.2) is 5.82 Å². The van der Waals surface area contributed by atoms with Crippen LogP contribution in [0.2, 0.25) is 0 Å². The Labute approximate surface area is 91.9 Å². The number of esters is 1. The van der Waals surface area contributed by atoms with Gasteiger partial charge in [0, 0.05) is 18.0 Å². The lowest BCUT2D eigenvalue weighted by atomic mass is 10.3. The number of methoxy groups -OCH3 is 1. The number of aromatic nitrogens is 4. The molecule has 0 saturated carbocycles. The van der Waals surface area contributed by atoms with Crippen LogP contribution >= 0.6 is 0 Å². The molecule has 0 bridgehead atoms. The van der Waals surface area contributed by atoms with E-state index in [2.05, 4.69) is 19.8 Å². The zero-order valence-electron chi connectivity index (χ0n) is 8.70. The van der Waals surface area contributed by atoms with E-state index in [0.29, 0.717) is 5.82 Å². The molecule has 6 heteroatoms. The molecular weight excluding hydrogens is 208 g/mol. The van der Waals surface area contributed by atoms with Crippen molar-refractivity contribution in [1.82, 2.24) is 19.7 Å². The largest absolute Gasteiger partial charge is 0.468 e. The molecule has 2 rings (SSSR count). The van der Waals surface area contributed by atoms with Gasteiger partial charge in [0.05, 0.1) is 7.11 Å². The van der Waals surface area contributed by atoms with Crippen LogP contribution in [-0.2, 0) is 16.1 Å². The Hall–Kier alpha value is -2.24. The molecule has 0 saturated heterocycles. The molecule has 0 aliphatic carbocycles. The van der Waals surface area contributed by atoms with Crippen LogP contribution in [0.5, 0.6) is 0 Å². The maximum absolute atomic E-state index is 11.0. The molecule has 82 valence electrons. The van der Waals surface area contributed by atoms with Crippen LogP contribution in [0, 0.1) is 0 Å². The van der Waals surface area contributed by atoms with Crippen molar-refractivity contribution < 1.29 is 9.53 Å². The molecule has 0 N–H and O–H groups in total. The number of ether oxygens (including phenoxy) is 1. The quantitative estimate of drug-likeness (QED) is 0.702. The summed E-state index contributed by atoms with van der Waals surface area (Å²) < 4.78 is 5.96. The van der Waals surface area contributed by atoms with Crippen LogP contribution in [0.15, 0.2) is 30.9 Å². The third-order valence-corrected chi connectivity index (χ3v) is 1.99. The van der Waals surface area contributed by atoms with Crippen LogP contribution in [0.3, 0.4) is 0 Å². The zero-order chi connectivity index (χ0) is 11.4. The molecule has 0 atom stereocenters. The number of rotatable bonds is 3. The first-order chi connectivity index (χ1) is 7.79. The minimum Gasteiger partial charge on any atom is -0.468 e. The van der Waals surface area contributed by atoms with Crippen LogP contribution in [0.25, 0.3) is 11.4 Å². The number of carbonyl (C=O) groups excluding carboxylic acids is 1. The molecule has 0 aliphatic rings. The lowest BCUT2D eigenvalue weighted by molar-refractivity contribution is -0.141. The Morgan fingerprint density at radius 1 is 1.44 bits per heavy atom. The molecule has 2 heterocycles. The van der Waals surface area contributed by atoms with Gasteiger partial charge in [-0.05, 0) is 12.1 Å². The first-order valence-corrected chi connectivity index (χ1v) is 4.66. The van der Waals surface area contributed by atoms with Gasteiger partial charge in [0.2, 0.25) is 0 Å². The van der Waals surface area contributed by atoms with Gasteiger partial charge in [-0.25, -0.2) is 9.67 Å². The summed E-state index contributed by atoms with van der Waals surface area (Å²) in [5.41, 5.74) is 0.860. The number of carbonyl (C=O) groups is 1. The highest BCUT2D eigenvalue weighted by molar-refractivity contribution is 5.68. The standard InChI is InChI=1S/C10H10N4O2/c1-16-9(15)6-14-7-12-10(13-14)8-2-4-11-5-3-8/h2-5,7H,6H2,1H3. The normalized spacial score (nSPS) is 10.1. The van der Waals surface area contributed by atoms with Crippen molar-refractivity contribution in [2.24, 2.45) is 0 Å². The molecule has 2 aromatic heterocycles. The highest BCUT2D eigenvalue weighted by atomic mass is 16.5. The fourth-order valence-electron chi connectivity index (χ4n) is 1.20. The predicted octanol–water partition coefficient (Wildman–Crippen LogP) is 0.513. The van der Waals surface area contributed by atoms with Gasteiger partial charge in [-0.15, -0.1) is 0 Å². The van der Waals surface area contributed by atoms with E-state index >= 15 is 0 Å². The average molecular weight is 218 g/mol. The van der Waals surface area contributed by atoms with E-state index in [1.807, 2.05) is 0 Å². The van der Waals surface area contributed by atoms with Crippen molar-refractivity contribution in [1.29, 1.82) is 0 Å². The Morgan fingerprint density at radius 2 is 2.19 bits per heavy atom. The van der Waals surface area contributed by atoms with Gasteiger partial charge >= 0.3 is 5.97 Å². The van der Waals surface area contributed by atoms with E-state index in [1.54, 1.807) is 24.5 Å². The van der Waals surface area contributed by atoms with Crippen molar-refractivity contribution in [3.8, 4) is 11.4 Å². The molecule has 0 unspecified atom stereocenters. The van der Waals surface area contributed by atoms with E-state index in [4.69, 9.17) is 0 Å². The smallest absolute Gasteiger partial charge is 0.327 e. The minimum absolute atomic E-state index is 0.0641. The van der Waals surface area contributed by atoms with Gasteiger partial charge in [-0.1, -0.05) is 0 Å². The highest BCUT2D eigenvalue weighted by Crippen LogP contribution is 2.11. The van der Waals surface area contributed by atoms with Crippen molar-refractivity contribution in [2.45, 2.75) is 6.54 Å². The fourth-order valence-corrected chi connectivity index (χ4v) is 1.20. The van der Waals surface area contributed by atoms with Crippen LogP contribution in [-0.4, -0.2) is 32.8 Å². The minimum atomic E-state index is -0.355. The van der Waals surface area contributed by atoms with Gasteiger partial charge in [-0.3, -0.25) is 9.78 Å². The SMILES string of the molecule is COC(=O)Cn1cnc(-c2ccncc2)n1. The summed E-state index contributed by atoms with van der Waals surface area (Å²) in [6.45, 7) is 0.0641. The summed E-state index contributed by atoms with van der Waals surface area (Å²) in [7, 11) is 1.34. The van der Waals surface area contributed by atoms with E-state index in [0.717, 1.165) is 5.56 Å². The first kappa shape index (κ1) is 10.3. The monoisotopic (exact) mass is 218 g/mol. The summed E-state index contributed by atoms with van der Waals surface area (Å²) in [4.78, 5) is 19.0. The third kappa shape index (κ3) is 2.22. The summed E-state index contributed by atoms with van der Waals surface area (Å²) in [5, 5.41) is 4.15. The van der Waals surface area contributed by atoms with Crippen molar-refractivity contribution >= 4 is 5.97 Å². The molecule has 16 heavy (non-hydrogen) atoms. The summed E-state index contributed by atoms with van der Waals surface area (Å²) >= 11 is 0. The Kier molecular flexibility index (Phi) is 2.90. The predicted molar refractivity (Wildman–Crippen MR) is 55.3 cm³/mol. The molecule has 0 fully saturated rings. The Balaban J connectivity index is 2.17. The Morgan fingerprint density at radius 3 is 2.88 bits per heavy atom. The average Bonchev–Trinajstić information content (AvgIpc) is 2.78. The first-order valence-electron chi connectivity index (χ1n) is 4.66. The van der Waals surface area contributed by atoms with Crippen LogP contribution in [0.1, 0.15) is 0 Å². The highest BCUT2D eigenvalue weighted by Gasteiger charge is 2.06. The molecule has 6 nitrogen and oxygen atoms in total. The van der Waals surface area contributed by atoms with E-state index in [9.17, 15) is 4.79 Å². The van der Waals surface area contributed by atoms with Crippen LogP contribution in [0.4, 0.5) is 0 Å². The van der Waals surface area contributed by atoms with Gasteiger partial charge in [0.25, 0.3) is 0 Å². The number of pyridine rings is 1. The third-order valence-electron chi connectivity index (χ3n) is 1.99. The van der Waals surface area contributed by atoms with Gasteiger partial charge in [0.1, 0.15) is 12.9 Å². The molecule has 0 aromatic carbocycles. The fraction of sp³-hybridized carbons (Fsp3) is 0.200. The Bertz CT molecular complexity index is 481. The summed E-state index contributed by atoms with van der Waals surface area (Å²) in [6.07, 6.45) is 4.82. The molecular formula is C10H10N4O2. The van der Waals surface area contributed by atoms with Gasteiger partial charge in [-0.2, -0.15) is 5.10 Å². The molecule has 2 aromatic rings. The second kappa shape index (κ2) is 4.52.